The lowest BCUT2D eigenvalue weighted by Gasteiger charge is -2.01. The molecule has 0 spiro atoms. The van der Waals surface area contributed by atoms with Crippen LogP contribution in [0.5, 0.6) is 0 Å². The summed E-state index contributed by atoms with van der Waals surface area (Å²) < 4.78 is 12.3. The summed E-state index contributed by atoms with van der Waals surface area (Å²) in [6, 6.07) is 23.2. The van der Waals surface area contributed by atoms with E-state index in [1.807, 2.05) is 61.5 Å². The first-order valence-corrected chi connectivity index (χ1v) is 10.4. The van der Waals surface area contributed by atoms with Crippen LogP contribution in [0.25, 0.3) is 33.3 Å². The molecule has 32 heavy (non-hydrogen) atoms. The number of para-hydroxylation sites is 1. The van der Waals surface area contributed by atoms with Gasteiger partial charge in [0.2, 0.25) is 0 Å². The SMILES string of the molecule is CCOC(=O)c1c2ccccc2n2/c(=C\c3ccc(C(=O)OC)cc3)c3ccccc3c12. The largest absolute Gasteiger partial charge is 0.465 e. The highest BCUT2D eigenvalue weighted by Crippen LogP contribution is 2.32. The number of rotatable bonds is 4. The summed E-state index contributed by atoms with van der Waals surface area (Å²) in [5.41, 5.74) is 3.81. The van der Waals surface area contributed by atoms with Crippen molar-refractivity contribution in [1.82, 2.24) is 4.40 Å². The molecule has 2 heterocycles. The predicted molar refractivity (Wildman–Crippen MR) is 125 cm³/mol. The fourth-order valence-electron chi connectivity index (χ4n) is 4.32. The van der Waals surface area contributed by atoms with Gasteiger partial charge in [0.25, 0.3) is 0 Å². The molecule has 0 amide bonds. The van der Waals surface area contributed by atoms with Gasteiger partial charge >= 0.3 is 11.9 Å². The van der Waals surface area contributed by atoms with Gasteiger partial charge < -0.3 is 13.9 Å². The number of carbonyl (C=O) groups excluding carboxylic acids is 2. The molecule has 0 aliphatic carbocycles. The van der Waals surface area contributed by atoms with Crippen molar-refractivity contribution in [3.05, 3.63) is 94.8 Å². The molecule has 0 aliphatic rings. The molecule has 5 nitrogen and oxygen atoms in total. The maximum absolute atomic E-state index is 13.0. The molecule has 5 rings (SSSR count). The van der Waals surface area contributed by atoms with E-state index in [1.54, 1.807) is 12.1 Å². The molecule has 0 unspecified atom stereocenters. The van der Waals surface area contributed by atoms with E-state index in [4.69, 9.17) is 9.47 Å². The van der Waals surface area contributed by atoms with Crippen molar-refractivity contribution < 1.29 is 19.1 Å². The van der Waals surface area contributed by atoms with E-state index >= 15 is 0 Å². The summed E-state index contributed by atoms with van der Waals surface area (Å²) in [5.74, 6) is -0.691. The maximum Gasteiger partial charge on any atom is 0.340 e. The first-order valence-electron chi connectivity index (χ1n) is 10.4. The monoisotopic (exact) mass is 423 g/mol. The number of ether oxygens (including phenoxy) is 2. The molecule has 0 radical (unpaired) electrons. The second-order valence-corrected chi connectivity index (χ2v) is 7.49. The van der Waals surface area contributed by atoms with Crippen molar-refractivity contribution in [3.63, 3.8) is 0 Å². The highest BCUT2D eigenvalue weighted by molar-refractivity contribution is 6.19. The fourth-order valence-corrected chi connectivity index (χ4v) is 4.32. The lowest BCUT2D eigenvalue weighted by Crippen LogP contribution is -2.09. The van der Waals surface area contributed by atoms with Crippen LogP contribution in [0.4, 0.5) is 0 Å². The highest BCUT2D eigenvalue weighted by atomic mass is 16.5. The minimum absolute atomic E-state index is 0.314. The van der Waals surface area contributed by atoms with E-state index in [0.29, 0.717) is 17.7 Å². The van der Waals surface area contributed by atoms with Gasteiger partial charge in [0.05, 0.1) is 41.2 Å². The van der Waals surface area contributed by atoms with Gasteiger partial charge in [0.15, 0.2) is 0 Å². The molecule has 158 valence electrons. The summed E-state index contributed by atoms with van der Waals surface area (Å²) in [6.07, 6.45) is 2.07. The van der Waals surface area contributed by atoms with E-state index < -0.39 is 0 Å². The number of fused-ring (bicyclic) bond motifs is 5. The number of benzene rings is 3. The molecule has 0 N–H and O–H groups in total. The van der Waals surface area contributed by atoms with Crippen LogP contribution >= 0.6 is 0 Å². The average Bonchev–Trinajstić information content (AvgIpc) is 3.33. The molecule has 5 aromatic rings. The molecule has 0 saturated carbocycles. The average molecular weight is 423 g/mol. The number of methoxy groups -OCH3 is 1. The van der Waals surface area contributed by atoms with Gasteiger partial charge in [-0.2, -0.15) is 0 Å². The molecule has 2 aromatic heterocycles. The Morgan fingerprint density at radius 3 is 2.19 bits per heavy atom. The first-order chi connectivity index (χ1) is 15.6. The van der Waals surface area contributed by atoms with E-state index in [-0.39, 0.29) is 11.9 Å². The minimum atomic E-state index is -0.367. The van der Waals surface area contributed by atoms with Crippen LogP contribution in [0, 0.1) is 0 Å². The van der Waals surface area contributed by atoms with Crippen molar-refractivity contribution >= 4 is 45.2 Å². The second-order valence-electron chi connectivity index (χ2n) is 7.49. The summed E-state index contributed by atoms with van der Waals surface area (Å²) in [4.78, 5) is 24.8. The Kier molecular flexibility index (Phi) is 4.86. The number of hydrogen-bond donors (Lipinski definition) is 0. The molecular weight excluding hydrogens is 402 g/mol. The molecular formula is C27H21NO4. The van der Waals surface area contributed by atoms with Crippen LogP contribution in [-0.4, -0.2) is 30.1 Å². The van der Waals surface area contributed by atoms with Crippen LogP contribution in [0.2, 0.25) is 0 Å². The molecule has 0 atom stereocenters. The van der Waals surface area contributed by atoms with Gasteiger partial charge in [-0.15, -0.1) is 0 Å². The standard InChI is InChI=1S/C27H21NO4/c1-3-32-27(30)24-21-10-6-7-11-22(21)28-23(19-8-4-5-9-20(19)25(24)28)16-17-12-14-18(15-13-17)26(29)31-2/h4-16H,3H2,1-2H3/b23-16-. The topological polar surface area (TPSA) is 57.0 Å². The second kappa shape index (κ2) is 7.85. The summed E-state index contributed by atoms with van der Waals surface area (Å²) in [6.45, 7) is 2.13. The fraction of sp³-hybridized carbons (Fsp3) is 0.111. The molecule has 0 saturated heterocycles. The molecule has 0 aliphatic heterocycles. The van der Waals surface area contributed by atoms with Crippen molar-refractivity contribution in [2.75, 3.05) is 13.7 Å². The number of hydrogen-bond acceptors (Lipinski definition) is 4. The van der Waals surface area contributed by atoms with Gasteiger partial charge in [-0.05, 0) is 36.8 Å². The van der Waals surface area contributed by atoms with Crippen molar-refractivity contribution in [1.29, 1.82) is 0 Å². The van der Waals surface area contributed by atoms with Crippen molar-refractivity contribution in [2.45, 2.75) is 6.92 Å². The van der Waals surface area contributed by atoms with Crippen LogP contribution < -0.4 is 5.35 Å². The molecule has 3 aromatic carbocycles. The smallest absolute Gasteiger partial charge is 0.340 e. The predicted octanol–water partition coefficient (Wildman–Crippen LogP) is 4.76. The van der Waals surface area contributed by atoms with Gasteiger partial charge in [-0.25, -0.2) is 9.59 Å². The van der Waals surface area contributed by atoms with Gasteiger partial charge in [-0.3, -0.25) is 0 Å². The van der Waals surface area contributed by atoms with Gasteiger partial charge in [0.1, 0.15) is 0 Å². The zero-order chi connectivity index (χ0) is 22.2. The van der Waals surface area contributed by atoms with E-state index in [1.165, 1.54) is 7.11 Å². The van der Waals surface area contributed by atoms with Gasteiger partial charge in [-0.1, -0.05) is 54.6 Å². The summed E-state index contributed by atoms with van der Waals surface area (Å²) in [7, 11) is 1.37. The third-order valence-corrected chi connectivity index (χ3v) is 5.69. The summed E-state index contributed by atoms with van der Waals surface area (Å²) >= 11 is 0. The Morgan fingerprint density at radius 1 is 0.844 bits per heavy atom. The summed E-state index contributed by atoms with van der Waals surface area (Å²) in [5, 5.41) is 3.86. The molecule has 0 fully saturated rings. The van der Waals surface area contributed by atoms with Gasteiger partial charge in [0, 0.05) is 16.2 Å². The Labute approximate surface area is 184 Å². The maximum atomic E-state index is 13.0. The molecule has 5 heteroatoms. The van der Waals surface area contributed by atoms with E-state index in [9.17, 15) is 9.59 Å². The lowest BCUT2D eigenvalue weighted by atomic mass is 10.1. The number of carbonyl (C=O) groups is 2. The van der Waals surface area contributed by atoms with Crippen molar-refractivity contribution in [2.24, 2.45) is 0 Å². The Hall–Kier alpha value is -4.12. The van der Waals surface area contributed by atoms with Crippen LogP contribution in [0.3, 0.4) is 0 Å². The zero-order valence-electron chi connectivity index (χ0n) is 17.8. The Bertz CT molecular complexity index is 1540. The first kappa shape index (κ1) is 19.8. The van der Waals surface area contributed by atoms with Crippen LogP contribution in [0.1, 0.15) is 33.2 Å². The van der Waals surface area contributed by atoms with Crippen LogP contribution in [0.15, 0.2) is 72.8 Å². The van der Waals surface area contributed by atoms with Crippen LogP contribution in [-0.2, 0) is 9.47 Å². The van der Waals surface area contributed by atoms with Crippen molar-refractivity contribution in [3.8, 4) is 0 Å². The Balaban J connectivity index is 1.87. The number of esters is 2. The van der Waals surface area contributed by atoms with E-state index in [0.717, 1.165) is 38.1 Å². The third-order valence-electron chi connectivity index (χ3n) is 5.69. The molecule has 0 bridgehead atoms. The Morgan fingerprint density at radius 2 is 1.50 bits per heavy atom. The lowest BCUT2D eigenvalue weighted by molar-refractivity contribution is 0.0530. The zero-order valence-corrected chi connectivity index (χ0v) is 17.8. The normalized spacial score (nSPS) is 12.0. The minimum Gasteiger partial charge on any atom is -0.465 e. The number of aromatic nitrogens is 1. The number of nitrogens with zero attached hydrogens (tertiary/aromatic N) is 1. The third kappa shape index (κ3) is 3.02. The highest BCUT2D eigenvalue weighted by Gasteiger charge is 2.23. The van der Waals surface area contributed by atoms with E-state index in [2.05, 4.69) is 16.5 Å². The quantitative estimate of drug-likeness (QED) is 0.391.